The molecule has 0 fully saturated rings. The Balaban J connectivity index is 3.48. The van der Waals surface area contributed by atoms with Crippen LogP contribution < -0.4 is 15.2 Å². The molecule has 0 bridgehead atoms. The van der Waals surface area contributed by atoms with Crippen molar-refractivity contribution in [3.63, 3.8) is 0 Å². The minimum atomic E-state index is -0.455. The molecule has 1 aromatic carbocycles. The summed E-state index contributed by atoms with van der Waals surface area (Å²) in [6.07, 6.45) is 0. The Hall–Kier alpha value is -1.22. The minimum Gasteiger partial charge on any atom is -0.493 e. The Kier molecular flexibility index (Phi) is 4.04. The maximum Gasteiger partial charge on any atom is 0.165 e. The first-order chi connectivity index (χ1) is 7.81. The fraction of sp³-hybridized carbons (Fsp3) is 0.571. The van der Waals surface area contributed by atoms with Crippen LogP contribution in [0.2, 0.25) is 0 Å². The number of ether oxygens (including phenoxy) is 2. The molecule has 0 atom stereocenters. The minimum absolute atomic E-state index is 0.427. The second-order valence-corrected chi connectivity index (χ2v) is 5.18. The monoisotopic (exact) mass is 237 g/mol. The van der Waals surface area contributed by atoms with Crippen molar-refractivity contribution in [2.75, 3.05) is 14.2 Å². The molecule has 0 unspecified atom stereocenters. The van der Waals surface area contributed by atoms with Gasteiger partial charge in [0.1, 0.15) is 0 Å². The molecule has 0 aromatic heterocycles. The first-order valence-corrected chi connectivity index (χ1v) is 5.86. The van der Waals surface area contributed by atoms with E-state index in [-0.39, 0.29) is 0 Å². The summed E-state index contributed by atoms with van der Waals surface area (Å²) in [4.78, 5) is 0. The van der Waals surface area contributed by atoms with Crippen molar-refractivity contribution in [1.82, 2.24) is 0 Å². The van der Waals surface area contributed by atoms with Crippen molar-refractivity contribution < 1.29 is 9.47 Å². The van der Waals surface area contributed by atoms with E-state index in [1.165, 1.54) is 5.56 Å². The van der Waals surface area contributed by atoms with E-state index >= 15 is 0 Å². The van der Waals surface area contributed by atoms with Gasteiger partial charge in [-0.25, -0.2) is 0 Å². The Morgan fingerprint density at radius 2 is 1.71 bits per heavy atom. The van der Waals surface area contributed by atoms with E-state index in [4.69, 9.17) is 15.2 Å². The van der Waals surface area contributed by atoms with Crippen molar-refractivity contribution in [2.45, 2.75) is 39.2 Å². The molecule has 0 amide bonds. The van der Waals surface area contributed by atoms with Crippen molar-refractivity contribution >= 4 is 0 Å². The average Bonchev–Trinajstić information content (AvgIpc) is 2.25. The smallest absolute Gasteiger partial charge is 0.165 e. The van der Waals surface area contributed by atoms with Crippen LogP contribution in [0, 0.1) is 0 Å². The summed E-state index contributed by atoms with van der Waals surface area (Å²) in [6.45, 7) is 8.23. The lowest BCUT2D eigenvalue weighted by Crippen LogP contribution is -2.29. The van der Waals surface area contributed by atoms with Gasteiger partial charge < -0.3 is 15.2 Å². The molecule has 0 radical (unpaired) electrons. The fourth-order valence-electron chi connectivity index (χ4n) is 1.80. The van der Waals surface area contributed by atoms with Gasteiger partial charge in [-0.15, -0.1) is 0 Å². The topological polar surface area (TPSA) is 44.5 Å². The molecule has 0 heterocycles. The molecule has 3 heteroatoms. The molecule has 3 nitrogen and oxygen atoms in total. The van der Waals surface area contributed by atoms with E-state index in [2.05, 4.69) is 19.9 Å². The summed E-state index contributed by atoms with van der Waals surface area (Å²) in [6, 6.07) is 4.12. The predicted molar refractivity (Wildman–Crippen MR) is 70.8 cm³/mol. The predicted octanol–water partition coefficient (Wildman–Crippen LogP) is 3.02. The largest absolute Gasteiger partial charge is 0.493 e. The highest BCUT2D eigenvalue weighted by Gasteiger charge is 2.23. The standard InChI is InChI=1S/C14H23NO2/c1-9(2)10-7-11(14(3,4)15)13(17-6)12(8-10)16-5/h7-9H,15H2,1-6H3. The fourth-order valence-corrected chi connectivity index (χ4v) is 1.80. The lowest BCUT2D eigenvalue weighted by atomic mass is 9.90. The number of nitrogens with two attached hydrogens (primary N) is 1. The van der Waals surface area contributed by atoms with Crippen LogP contribution in [0.4, 0.5) is 0 Å². The maximum atomic E-state index is 6.19. The molecule has 1 rings (SSSR count). The van der Waals surface area contributed by atoms with E-state index in [9.17, 15) is 0 Å². The van der Waals surface area contributed by atoms with Crippen molar-refractivity contribution in [1.29, 1.82) is 0 Å². The van der Waals surface area contributed by atoms with Crippen LogP contribution in [0.5, 0.6) is 11.5 Å². The molecule has 2 N–H and O–H groups in total. The average molecular weight is 237 g/mol. The molecule has 0 saturated heterocycles. The van der Waals surface area contributed by atoms with Gasteiger partial charge in [-0.05, 0) is 37.5 Å². The Bertz CT molecular complexity index is 392. The number of rotatable bonds is 4. The maximum absolute atomic E-state index is 6.19. The van der Waals surface area contributed by atoms with Crippen molar-refractivity contribution in [3.8, 4) is 11.5 Å². The van der Waals surface area contributed by atoms with Gasteiger partial charge in [-0.1, -0.05) is 13.8 Å². The lowest BCUT2D eigenvalue weighted by molar-refractivity contribution is 0.343. The van der Waals surface area contributed by atoms with Crippen LogP contribution in [0.15, 0.2) is 12.1 Å². The molecule has 1 aromatic rings. The Morgan fingerprint density at radius 3 is 2.06 bits per heavy atom. The third-order valence-corrected chi connectivity index (χ3v) is 2.86. The highest BCUT2D eigenvalue weighted by atomic mass is 16.5. The molecule has 0 spiro atoms. The van der Waals surface area contributed by atoms with Crippen molar-refractivity contribution in [3.05, 3.63) is 23.3 Å². The lowest BCUT2D eigenvalue weighted by Gasteiger charge is -2.25. The summed E-state index contributed by atoms with van der Waals surface area (Å²) in [5.41, 5.74) is 7.92. The number of hydrogen-bond acceptors (Lipinski definition) is 3. The highest BCUT2D eigenvalue weighted by Crippen LogP contribution is 2.39. The van der Waals surface area contributed by atoms with E-state index in [0.717, 1.165) is 17.1 Å². The Labute approximate surface area is 104 Å². The third kappa shape index (κ3) is 2.91. The van der Waals surface area contributed by atoms with Gasteiger partial charge >= 0.3 is 0 Å². The summed E-state index contributed by atoms with van der Waals surface area (Å²) < 4.78 is 10.8. The highest BCUT2D eigenvalue weighted by molar-refractivity contribution is 5.52. The molecule has 0 aliphatic rings. The summed E-state index contributed by atoms with van der Waals surface area (Å²) in [5.74, 6) is 1.90. The molecule has 0 saturated carbocycles. The number of benzene rings is 1. The SMILES string of the molecule is COc1cc(C(C)C)cc(C(C)(C)N)c1OC. The zero-order valence-corrected chi connectivity index (χ0v) is 11.6. The van der Waals surface area contributed by atoms with E-state index in [0.29, 0.717) is 5.92 Å². The van der Waals surface area contributed by atoms with Crippen molar-refractivity contribution in [2.24, 2.45) is 5.73 Å². The first kappa shape index (κ1) is 13.8. The zero-order valence-electron chi connectivity index (χ0n) is 11.6. The van der Waals surface area contributed by atoms with Gasteiger partial charge in [-0.3, -0.25) is 0 Å². The third-order valence-electron chi connectivity index (χ3n) is 2.86. The quantitative estimate of drug-likeness (QED) is 0.875. The summed E-state index contributed by atoms with van der Waals surface area (Å²) >= 11 is 0. The normalized spacial score (nSPS) is 11.8. The van der Waals surface area contributed by atoms with Crippen LogP contribution >= 0.6 is 0 Å². The van der Waals surface area contributed by atoms with Gasteiger partial charge in [0.15, 0.2) is 11.5 Å². The van der Waals surface area contributed by atoms with Crippen LogP contribution in [-0.2, 0) is 5.54 Å². The van der Waals surface area contributed by atoms with Crippen LogP contribution in [-0.4, -0.2) is 14.2 Å². The van der Waals surface area contributed by atoms with Crippen LogP contribution in [0.25, 0.3) is 0 Å². The number of hydrogen-bond donors (Lipinski definition) is 1. The van der Waals surface area contributed by atoms with Crippen LogP contribution in [0.1, 0.15) is 44.7 Å². The van der Waals surface area contributed by atoms with Gasteiger partial charge in [0.2, 0.25) is 0 Å². The second kappa shape index (κ2) is 4.96. The first-order valence-electron chi connectivity index (χ1n) is 5.86. The molecule has 0 aliphatic heterocycles. The molecule has 96 valence electrons. The number of methoxy groups -OCH3 is 2. The van der Waals surface area contributed by atoms with Crippen LogP contribution in [0.3, 0.4) is 0 Å². The van der Waals surface area contributed by atoms with E-state index in [1.807, 2.05) is 19.9 Å². The second-order valence-electron chi connectivity index (χ2n) is 5.18. The molecular formula is C14H23NO2. The molecular weight excluding hydrogens is 214 g/mol. The summed E-state index contributed by atoms with van der Waals surface area (Å²) in [7, 11) is 3.29. The van der Waals surface area contributed by atoms with Gasteiger partial charge in [0.05, 0.1) is 14.2 Å². The zero-order chi connectivity index (χ0) is 13.2. The van der Waals surface area contributed by atoms with E-state index < -0.39 is 5.54 Å². The Morgan fingerprint density at radius 1 is 1.12 bits per heavy atom. The molecule has 0 aliphatic carbocycles. The molecule has 17 heavy (non-hydrogen) atoms. The van der Waals surface area contributed by atoms with Gasteiger partial charge in [0, 0.05) is 11.1 Å². The summed E-state index contributed by atoms with van der Waals surface area (Å²) in [5, 5.41) is 0. The van der Waals surface area contributed by atoms with E-state index in [1.54, 1.807) is 14.2 Å². The van der Waals surface area contributed by atoms with Gasteiger partial charge in [0.25, 0.3) is 0 Å². The van der Waals surface area contributed by atoms with Gasteiger partial charge in [-0.2, -0.15) is 0 Å².